The van der Waals surface area contributed by atoms with Crippen LogP contribution in [0.3, 0.4) is 0 Å². The summed E-state index contributed by atoms with van der Waals surface area (Å²) in [6.07, 6.45) is 1.31. The van der Waals surface area contributed by atoms with Gasteiger partial charge in [0.15, 0.2) is 0 Å². The Morgan fingerprint density at radius 1 is 1.27 bits per heavy atom. The molecule has 7 heteroatoms. The van der Waals surface area contributed by atoms with Gasteiger partial charge in [-0.05, 0) is 43.6 Å². The Labute approximate surface area is 131 Å². The molecule has 2 aromatic rings. The summed E-state index contributed by atoms with van der Waals surface area (Å²) in [4.78, 5) is 30.5. The maximum atomic E-state index is 12.7. The highest BCUT2D eigenvalue weighted by atomic mass is 32.1. The monoisotopic (exact) mass is 316 g/mol. The predicted octanol–water partition coefficient (Wildman–Crippen LogP) is 1.47. The van der Waals surface area contributed by atoms with E-state index in [0.717, 1.165) is 28.9 Å². The molecule has 2 aliphatic heterocycles. The van der Waals surface area contributed by atoms with Crippen LogP contribution in [0.25, 0.3) is 10.2 Å². The van der Waals surface area contributed by atoms with Crippen LogP contribution in [-0.2, 0) is 11.3 Å². The van der Waals surface area contributed by atoms with Gasteiger partial charge in [-0.25, -0.2) is 9.78 Å². The van der Waals surface area contributed by atoms with Crippen molar-refractivity contribution in [2.75, 3.05) is 13.1 Å². The number of hydrogen-bond acceptors (Lipinski definition) is 5. The molecule has 4 rings (SSSR count). The molecular weight excluding hydrogens is 300 g/mol. The van der Waals surface area contributed by atoms with Gasteiger partial charge in [-0.1, -0.05) is 6.07 Å². The molecule has 0 radical (unpaired) electrons. The van der Waals surface area contributed by atoms with Gasteiger partial charge in [0.25, 0.3) is 5.91 Å². The van der Waals surface area contributed by atoms with Crippen molar-refractivity contribution in [1.82, 2.24) is 20.5 Å². The van der Waals surface area contributed by atoms with Crippen molar-refractivity contribution in [3.05, 3.63) is 29.3 Å². The number of amides is 3. The van der Waals surface area contributed by atoms with E-state index in [9.17, 15) is 9.59 Å². The average Bonchev–Trinajstić information content (AvgIpc) is 3.07. The molecule has 3 heterocycles. The predicted molar refractivity (Wildman–Crippen MR) is 83.5 cm³/mol. The van der Waals surface area contributed by atoms with Crippen LogP contribution in [0.15, 0.2) is 23.7 Å². The number of nitrogens with one attached hydrogen (secondary N) is 2. The Morgan fingerprint density at radius 2 is 2.09 bits per heavy atom. The molecule has 0 unspecified atom stereocenters. The van der Waals surface area contributed by atoms with E-state index >= 15 is 0 Å². The number of urea groups is 1. The number of nitrogens with zero attached hydrogens (tertiary/aromatic N) is 2. The van der Waals surface area contributed by atoms with E-state index in [1.54, 1.807) is 16.8 Å². The lowest BCUT2D eigenvalue weighted by molar-refractivity contribution is -0.132. The zero-order valence-electron chi connectivity index (χ0n) is 12.0. The summed E-state index contributed by atoms with van der Waals surface area (Å²) >= 11 is 1.56. The van der Waals surface area contributed by atoms with Crippen LogP contribution in [0.1, 0.15) is 18.4 Å². The minimum Gasteiger partial charge on any atom is -0.323 e. The summed E-state index contributed by atoms with van der Waals surface area (Å²) < 4.78 is 1.07. The quantitative estimate of drug-likeness (QED) is 0.823. The summed E-state index contributed by atoms with van der Waals surface area (Å²) in [5.74, 6) is -0.0941. The van der Waals surface area contributed by atoms with Crippen molar-refractivity contribution >= 4 is 33.5 Å². The lowest BCUT2D eigenvalue weighted by Crippen LogP contribution is -2.53. The van der Waals surface area contributed by atoms with Crippen LogP contribution in [0, 0.1) is 0 Å². The van der Waals surface area contributed by atoms with Crippen molar-refractivity contribution < 1.29 is 9.59 Å². The molecule has 0 atom stereocenters. The van der Waals surface area contributed by atoms with E-state index in [-0.39, 0.29) is 11.9 Å². The fourth-order valence-corrected chi connectivity index (χ4v) is 3.93. The topological polar surface area (TPSA) is 74.3 Å². The Hall–Kier alpha value is -1.99. The Kier molecular flexibility index (Phi) is 3.12. The highest BCUT2D eigenvalue weighted by Crippen LogP contribution is 2.28. The lowest BCUT2D eigenvalue weighted by Gasteiger charge is -2.31. The molecule has 1 aromatic heterocycles. The summed E-state index contributed by atoms with van der Waals surface area (Å²) in [6.45, 7) is 1.83. The summed E-state index contributed by atoms with van der Waals surface area (Å²) in [5.41, 5.74) is 3.00. The Balaban J connectivity index is 1.59. The largest absolute Gasteiger partial charge is 0.325 e. The molecule has 2 saturated heterocycles. The first-order valence-corrected chi connectivity index (χ1v) is 8.23. The number of hydrogen-bond donors (Lipinski definition) is 2. The van der Waals surface area contributed by atoms with Crippen LogP contribution in [0.5, 0.6) is 0 Å². The summed E-state index contributed by atoms with van der Waals surface area (Å²) in [6, 6.07) is 5.58. The first-order valence-electron chi connectivity index (χ1n) is 7.35. The minimum atomic E-state index is -0.697. The molecule has 0 saturated carbocycles. The molecule has 22 heavy (non-hydrogen) atoms. The van der Waals surface area contributed by atoms with Gasteiger partial charge in [-0.2, -0.15) is 0 Å². The Morgan fingerprint density at radius 3 is 2.91 bits per heavy atom. The van der Waals surface area contributed by atoms with Crippen molar-refractivity contribution in [3.8, 4) is 0 Å². The number of fused-ring (bicyclic) bond motifs is 1. The molecule has 2 aliphatic rings. The normalized spacial score (nSPS) is 20.8. The van der Waals surface area contributed by atoms with Gasteiger partial charge in [0.05, 0.1) is 22.3 Å². The third-order valence-electron chi connectivity index (χ3n) is 4.44. The van der Waals surface area contributed by atoms with Gasteiger partial charge in [-0.3, -0.25) is 9.69 Å². The number of rotatable bonds is 2. The van der Waals surface area contributed by atoms with Gasteiger partial charge in [0, 0.05) is 0 Å². The van der Waals surface area contributed by atoms with Gasteiger partial charge in [-0.15, -0.1) is 11.3 Å². The number of piperidine rings is 1. The number of thiazole rings is 1. The smallest absolute Gasteiger partial charge is 0.323 e. The second-order valence-corrected chi connectivity index (χ2v) is 6.69. The Bertz CT molecular complexity index is 751. The van der Waals surface area contributed by atoms with Crippen LogP contribution in [0.4, 0.5) is 4.79 Å². The number of carbonyl (C=O) groups excluding carboxylic acids is 2. The number of aromatic nitrogens is 1. The molecule has 2 N–H and O–H groups in total. The van der Waals surface area contributed by atoms with E-state index < -0.39 is 5.54 Å². The molecule has 114 valence electrons. The second kappa shape index (κ2) is 5.03. The van der Waals surface area contributed by atoms with Crippen molar-refractivity contribution in [2.45, 2.75) is 24.9 Å². The fraction of sp³-hybridized carbons (Fsp3) is 0.400. The first-order chi connectivity index (χ1) is 10.7. The molecule has 2 fully saturated rings. The van der Waals surface area contributed by atoms with Crippen molar-refractivity contribution in [3.63, 3.8) is 0 Å². The molecule has 0 aliphatic carbocycles. The fourth-order valence-electron chi connectivity index (χ4n) is 3.19. The van der Waals surface area contributed by atoms with Gasteiger partial charge >= 0.3 is 6.03 Å². The minimum absolute atomic E-state index is 0.0941. The van der Waals surface area contributed by atoms with Crippen molar-refractivity contribution in [2.24, 2.45) is 0 Å². The number of benzene rings is 1. The lowest BCUT2D eigenvalue weighted by atomic mass is 9.88. The molecule has 1 aromatic carbocycles. The van der Waals surface area contributed by atoms with Gasteiger partial charge in [0.2, 0.25) is 0 Å². The molecule has 0 bridgehead atoms. The number of carbonyl (C=O) groups is 2. The molecule has 1 spiro atoms. The third kappa shape index (κ3) is 2.08. The van der Waals surface area contributed by atoms with Crippen molar-refractivity contribution in [1.29, 1.82) is 0 Å². The van der Waals surface area contributed by atoms with Crippen LogP contribution < -0.4 is 10.6 Å². The van der Waals surface area contributed by atoms with E-state index in [1.807, 2.05) is 18.2 Å². The highest BCUT2D eigenvalue weighted by molar-refractivity contribution is 7.16. The van der Waals surface area contributed by atoms with Gasteiger partial charge in [0.1, 0.15) is 5.54 Å². The number of imide groups is 1. The maximum absolute atomic E-state index is 12.7. The second-order valence-electron chi connectivity index (χ2n) is 5.81. The van der Waals surface area contributed by atoms with Crippen LogP contribution in [0.2, 0.25) is 0 Å². The summed E-state index contributed by atoms with van der Waals surface area (Å²) in [7, 11) is 0. The summed E-state index contributed by atoms with van der Waals surface area (Å²) in [5, 5.41) is 6.13. The van der Waals surface area contributed by atoms with E-state index in [1.165, 1.54) is 4.90 Å². The zero-order chi connectivity index (χ0) is 15.2. The van der Waals surface area contributed by atoms with Crippen LogP contribution in [-0.4, -0.2) is 40.5 Å². The average molecular weight is 316 g/mol. The third-order valence-corrected chi connectivity index (χ3v) is 5.23. The first kappa shape index (κ1) is 13.7. The van der Waals surface area contributed by atoms with Crippen LogP contribution >= 0.6 is 11.3 Å². The van der Waals surface area contributed by atoms with E-state index in [2.05, 4.69) is 15.6 Å². The van der Waals surface area contributed by atoms with Gasteiger partial charge < -0.3 is 10.6 Å². The highest BCUT2D eigenvalue weighted by Gasteiger charge is 2.51. The van der Waals surface area contributed by atoms with E-state index in [0.29, 0.717) is 19.4 Å². The maximum Gasteiger partial charge on any atom is 0.325 e. The molecule has 3 amide bonds. The SMILES string of the molecule is O=C1NC2(CCNCC2)C(=O)N1Cc1ccc2ncsc2c1. The molecular formula is C15H16N4O2S. The standard InChI is InChI=1S/C15H16N4O2S/c20-13-15(3-5-16-6-4-15)18-14(21)19(13)8-10-1-2-11-12(7-10)22-9-17-11/h1-2,7,9,16H,3-6,8H2,(H,18,21). The zero-order valence-corrected chi connectivity index (χ0v) is 12.8. The molecule has 6 nitrogen and oxygen atoms in total. The van der Waals surface area contributed by atoms with E-state index in [4.69, 9.17) is 0 Å².